The molecule has 0 aliphatic carbocycles. The number of halogens is 3. The summed E-state index contributed by atoms with van der Waals surface area (Å²) in [5, 5.41) is 3.40. The van der Waals surface area contributed by atoms with Crippen molar-refractivity contribution in [1.82, 2.24) is 0 Å². The van der Waals surface area contributed by atoms with Gasteiger partial charge in [0.25, 0.3) is 0 Å². The van der Waals surface area contributed by atoms with E-state index in [1.807, 2.05) is 62.4 Å². The molecule has 4 nitrogen and oxygen atoms in total. The number of fused-ring (bicyclic) bond motifs is 1. The second-order valence-corrected chi connectivity index (χ2v) is 11.0. The molecule has 0 saturated carbocycles. The first kappa shape index (κ1) is 27.3. The molecule has 2 atom stereocenters. The van der Waals surface area contributed by atoms with Gasteiger partial charge >= 0.3 is 0 Å². The first-order valence-electron chi connectivity index (χ1n) is 12.8. The molecule has 4 aromatic rings. The topological polar surface area (TPSA) is 39.7 Å². The Labute approximate surface area is 236 Å². The lowest BCUT2D eigenvalue weighted by Gasteiger charge is -2.44. The van der Waals surface area contributed by atoms with Crippen LogP contribution in [0.25, 0.3) is 0 Å². The molecule has 1 heterocycles. The van der Waals surface area contributed by atoms with E-state index in [2.05, 4.69) is 21.2 Å². The fraction of sp³-hybridized carbons (Fsp3) is 0.250. The quantitative estimate of drug-likeness (QED) is 0.212. The zero-order valence-corrected chi connectivity index (χ0v) is 23.4. The summed E-state index contributed by atoms with van der Waals surface area (Å²) in [5.41, 5.74) is 3.41. The Balaban J connectivity index is 1.42. The highest BCUT2D eigenvalue weighted by atomic mass is 79.9. The molecule has 0 bridgehead atoms. The van der Waals surface area contributed by atoms with Gasteiger partial charge in [0.2, 0.25) is 0 Å². The normalized spacial score (nSPS) is 17.8. The Morgan fingerprint density at radius 1 is 0.846 bits per heavy atom. The van der Waals surface area contributed by atoms with Gasteiger partial charge in [-0.1, -0.05) is 64.5 Å². The van der Waals surface area contributed by atoms with Crippen LogP contribution in [0.2, 0.25) is 0 Å². The van der Waals surface area contributed by atoms with E-state index in [1.165, 1.54) is 18.2 Å². The molecule has 0 radical (unpaired) electrons. The highest BCUT2D eigenvalue weighted by Gasteiger charge is 2.46. The van der Waals surface area contributed by atoms with Crippen LogP contribution in [0.3, 0.4) is 0 Å². The molecule has 0 saturated heterocycles. The van der Waals surface area contributed by atoms with Gasteiger partial charge in [0.05, 0.1) is 13.2 Å². The Hall–Kier alpha value is -3.26. The van der Waals surface area contributed by atoms with E-state index >= 15 is 0 Å². The van der Waals surface area contributed by atoms with Crippen molar-refractivity contribution in [2.45, 2.75) is 51.4 Å². The molecule has 0 aromatic heterocycles. The average molecular weight is 594 g/mol. The Morgan fingerprint density at radius 2 is 1.62 bits per heavy atom. The predicted molar refractivity (Wildman–Crippen MR) is 152 cm³/mol. The number of benzene rings is 4. The standard InChI is InChI=1S/C32H30BrF2NO3/c1-32(2)31(38-20-23-10-11-24(33)16-28(23)35)30(37-19-22-6-4-3-5-7-22)27-17-26(14-15-29(27)39-32)36-18-21-8-12-25(34)13-9-21/h3-17,30-31,36H,18-20H2,1-2H3. The van der Waals surface area contributed by atoms with Crippen molar-refractivity contribution in [3.8, 4) is 5.75 Å². The average Bonchev–Trinajstić information content (AvgIpc) is 2.92. The predicted octanol–water partition coefficient (Wildman–Crippen LogP) is 8.35. The first-order valence-corrected chi connectivity index (χ1v) is 13.6. The number of ether oxygens (including phenoxy) is 3. The van der Waals surface area contributed by atoms with Crippen LogP contribution in [0.1, 0.15) is 42.2 Å². The molecule has 5 rings (SSSR count). The SMILES string of the molecule is CC1(C)Oc2ccc(NCc3ccc(F)cc3)cc2C(OCc2ccccc2)C1OCc1ccc(Br)cc1F. The molecule has 1 N–H and O–H groups in total. The van der Waals surface area contributed by atoms with Gasteiger partial charge in [0.1, 0.15) is 35.2 Å². The number of hydrogen-bond acceptors (Lipinski definition) is 4. The summed E-state index contributed by atoms with van der Waals surface area (Å²) < 4.78 is 47.9. The smallest absolute Gasteiger partial charge is 0.132 e. The molecule has 1 aliphatic rings. The summed E-state index contributed by atoms with van der Waals surface area (Å²) >= 11 is 3.31. The van der Waals surface area contributed by atoms with Crippen LogP contribution in [0.5, 0.6) is 5.75 Å². The van der Waals surface area contributed by atoms with Gasteiger partial charge in [0.15, 0.2) is 0 Å². The minimum atomic E-state index is -0.747. The van der Waals surface area contributed by atoms with Gasteiger partial charge in [0, 0.05) is 27.8 Å². The minimum Gasteiger partial charge on any atom is -0.485 e. The van der Waals surface area contributed by atoms with E-state index < -0.39 is 17.8 Å². The maximum atomic E-state index is 14.6. The molecule has 202 valence electrons. The lowest BCUT2D eigenvalue weighted by molar-refractivity contribution is -0.171. The molecular weight excluding hydrogens is 564 g/mol. The minimum absolute atomic E-state index is 0.0691. The molecule has 0 spiro atoms. The fourth-order valence-electron chi connectivity index (χ4n) is 4.69. The molecule has 0 amide bonds. The second kappa shape index (κ2) is 11.9. The van der Waals surface area contributed by atoms with E-state index in [-0.39, 0.29) is 18.2 Å². The first-order chi connectivity index (χ1) is 18.8. The van der Waals surface area contributed by atoms with E-state index in [1.54, 1.807) is 24.3 Å². The second-order valence-electron chi connectivity index (χ2n) is 10.1. The van der Waals surface area contributed by atoms with Crippen molar-refractivity contribution >= 4 is 21.6 Å². The summed E-state index contributed by atoms with van der Waals surface area (Å²) in [6.07, 6.45) is -1.00. The maximum Gasteiger partial charge on any atom is 0.132 e. The number of hydrogen-bond donors (Lipinski definition) is 1. The Bertz CT molecular complexity index is 1410. The van der Waals surface area contributed by atoms with Crippen molar-refractivity contribution < 1.29 is 23.0 Å². The van der Waals surface area contributed by atoms with Crippen LogP contribution in [-0.2, 0) is 29.2 Å². The van der Waals surface area contributed by atoms with E-state index in [0.717, 1.165) is 22.4 Å². The van der Waals surface area contributed by atoms with Crippen molar-refractivity contribution in [2.75, 3.05) is 5.32 Å². The van der Waals surface area contributed by atoms with Crippen LogP contribution in [0.4, 0.5) is 14.5 Å². The summed E-state index contributed by atoms with van der Waals surface area (Å²) in [4.78, 5) is 0. The van der Waals surface area contributed by atoms with Crippen molar-refractivity contribution in [1.29, 1.82) is 0 Å². The summed E-state index contributed by atoms with van der Waals surface area (Å²) in [7, 11) is 0. The van der Waals surface area contributed by atoms with Crippen molar-refractivity contribution in [2.24, 2.45) is 0 Å². The van der Waals surface area contributed by atoms with Gasteiger partial charge in [-0.2, -0.15) is 0 Å². The summed E-state index contributed by atoms with van der Waals surface area (Å²) in [6.45, 7) is 4.89. The fourth-order valence-corrected chi connectivity index (χ4v) is 5.03. The van der Waals surface area contributed by atoms with Gasteiger partial charge < -0.3 is 19.5 Å². The van der Waals surface area contributed by atoms with Crippen LogP contribution in [0, 0.1) is 11.6 Å². The largest absolute Gasteiger partial charge is 0.485 e. The summed E-state index contributed by atoms with van der Waals surface area (Å²) in [5.74, 6) is 0.105. The molecule has 39 heavy (non-hydrogen) atoms. The summed E-state index contributed by atoms with van der Waals surface area (Å²) in [6, 6.07) is 27.2. The van der Waals surface area contributed by atoms with Crippen molar-refractivity contribution in [3.63, 3.8) is 0 Å². The number of anilines is 1. The molecular formula is C32H30BrF2NO3. The van der Waals surface area contributed by atoms with Gasteiger partial charge in [-0.05, 0) is 67.4 Å². The van der Waals surface area contributed by atoms with Crippen molar-refractivity contribution in [3.05, 3.63) is 129 Å². The zero-order valence-electron chi connectivity index (χ0n) is 21.8. The zero-order chi connectivity index (χ0) is 27.4. The van der Waals surface area contributed by atoms with Crippen LogP contribution >= 0.6 is 15.9 Å². The lowest BCUT2D eigenvalue weighted by atomic mass is 9.87. The molecule has 2 unspecified atom stereocenters. The van der Waals surface area contributed by atoms with Crippen LogP contribution < -0.4 is 10.1 Å². The molecule has 0 fully saturated rings. The van der Waals surface area contributed by atoms with E-state index in [0.29, 0.717) is 28.9 Å². The number of rotatable bonds is 9. The monoisotopic (exact) mass is 593 g/mol. The van der Waals surface area contributed by atoms with Crippen LogP contribution in [0.15, 0.2) is 95.5 Å². The molecule has 1 aliphatic heterocycles. The highest BCUT2D eigenvalue weighted by molar-refractivity contribution is 9.10. The Morgan fingerprint density at radius 3 is 2.36 bits per heavy atom. The van der Waals surface area contributed by atoms with E-state index in [9.17, 15) is 8.78 Å². The third-order valence-corrected chi connectivity index (χ3v) is 7.26. The highest BCUT2D eigenvalue weighted by Crippen LogP contribution is 2.45. The molecule has 7 heteroatoms. The third-order valence-electron chi connectivity index (χ3n) is 6.77. The Kier molecular flexibility index (Phi) is 8.31. The van der Waals surface area contributed by atoms with Crippen LogP contribution in [-0.4, -0.2) is 11.7 Å². The van der Waals surface area contributed by atoms with Gasteiger partial charge in [-0.25, -0.2) is 8.78 Å². The lowest BCUT2D eigenvalue weighted by Crippen LogP contribution is -2.51. The number of nitrogens with one attached hydrogen (secondary N) is 1. The van der Waals surface area contributed by atoms with Gasteiger partial charge in [-0.3, -0.25) is 0 Å². The molecule has 4 aromatic carbocycles. The maximum absolute atomic E-state index is 14.6. The van der Waals surface area contributed by atoms with E-state index in [4.69, 9.17) is 14.2 Å². The third kappa shape index (κ3) is 6.67. The van der Waals surface area contributed by atoms with Gasteiger partial charge in [-0.15, -0.1) is 0 Å².